The fourth-order valence-corrected chi connectivity index (χ4v) is 2.84. The lowest BCUT2D eigenvalue weighted by Gasteiger charge is -2.24. The topological polar surface area (TPSA) is 107 Å². The van der Waals surface area contributed by atoms with Gasteiger partial charge in [-0.25, -0.2) is 4.79 Å². The predicted molar refractivity (Wildman–Crippen MR) is 86.2 cm³/mol. The zero-order chi connectivity index (χ0) is 17.9. The van der Waals surface area contributed by atoms with Crippen molar-refractivity contribution in [2.45, 2.75) is 44.9 Å². The van der Waals surface area contributed by atoms with Crippen LogP contribution in [-0.2, 0) is 20.8 Å². The van der Waals surface area contributed by atoms with Crippen molar-refractivity contribution in [1.82, 2.24) is 10.2 Å². The largest absolute Gasteiger partial charge is 0.480 e. The number of carbonyl (C=O) groups excluding carboxylic acids is 2. The summed E-state index contributed by atoms with van der Waals surface area (Å²) in [6.45, 7) is 3.34. The van der Waals surface area contributed by atoms with Crippen molar-refractivity contribution in [2.75, 3.05) is 6.54 Å². The highest BCUT2D eigenvalue weighted by Gasteiger charge is 2.38. The van der Waals surface area contributed by atoms with Gasteiger partial charge in [-0.2, -0.15) is 0 Å². The molecule has 130 valence electrons. The molecule has 1 fully saturated rings. The van der Waals surface area contributed by atoms with E-state index in [1.165, 1.54) is 11.8 Å². The average Bonchev–Trinajstić information content (AvgIpc) is 2.91. The summed E-state index contributed by atoms with van der Waals surface area (Å²) in [5, 5.41) is 21.5. The number of benzene rings is 1. The first kappa shape index (κ1) is 17.9. The average molecular weight is 334 g/mol. The molecule has 1 aliphatic heterocycles. The van der Waals surface area contributed by atoms with Gasteiger partial charge in [0.2, 0.25) is 11.8 Å². The fraction of sp³-hybridized carbons (Fsp3) is 0.471. The number of carboxylic acids is 1. The van der Waals surface area contributed by atoms with Crippen LogP contribution in [0.5, 0.6) is 0 Å². The lowest BCUT2D eigenvalue weighted by Crippen LogP contribution is -2.51. The van der Waals surface area contributed by atoms with E-state index in [2.05, 4.69) is 5.32 Å². The highest BCUT2D eigenvalue weighted by Crippen LogP contribution is 2.18. The number of likely N-dealkylation sites (tertiary alicyclic amines) is 1. The third-order valence-electron chi connectivity index (χ3n) is 4.16. The van der Waals surface area contributed by atoms with E-state index in [1.54, 1.807) is 0 Å². The molecule has 3 atom stereocenters. The number of aliphatic hydroxyl groups is 1. The van der Waals surface area contributed by atoms with Crippen molar-refractivity contribution in [3.8, 4) is 0 Å². The molecule has 0 saturated carbocycles. The standard InChI is InChI=1S/C17H22N2O5/c1-10-3-5-12(6-4-10)7-14(17(23)24)18-16(22)15-8-13(21)9-19(15)11(2)20/h3-6,13-15,21H,7-9H2,1-2H3,(H,18,22)(H,23,24)/t13-,14+,15+/m1/s1. The summed E-state index contributed by atoms with van der Waals surface area (Å²) >= 11 is 0. The minimum Gasteiger partial charge on any atom is -0.480 e. The first-order valence-electron chi connectivity index (χ1n) is 7.82. The Morgan fingerprint density at radius 3 is 2.46 bits per heavy atom. The number of β-amino-alcohol motifs (C(OH)–C–C–N with tert-alkyl or cyclic N) is 1. The second-order valence-corrected chi connectivity index (χ2v) is 6.17. The molecule has 0 unspecified atom stereocenters. The molecule has 0 spiro atoms. The van der Waals surface area contributed by atoms with Gasteiger partial charge in [-0.05, 0) is 12.5 Å². The lowest BCUT2D eigenvalue weighted by molar-refractivity contribution is -0.143. The minimum absolute atomic E-state index is 0.0864. The van der Waals surface area contributed by atoms with Crippen molar-refractivity contribution in [2.24, 2.45) is 0 Å². The van der Waals surface area contributed by atoms with Crippen LogP contribution in [0.2, 0.25) is 0 Å². The summed E-state index contributed by atoms with van der Waals surface area (Å²) < 4.78 is 0. The summed E-state index contributed by atoms with van der Waals surface area (Å²) in [6.07, 6.45) is -0.510. The molecule has 2 rings (SSSR count). The Morgan fingerprint density at radius 2 is 1.92 bits per heavy atom. The molecule has 1 saturated heterocycles. The maximum Gasteiger partial charge on any atom is 0.326 e. The van der Waals surface area contributed by atoms with Crippen LogP contribution in [0.15, 0.2) is 24.3 Å². The number of aryl methyl sites for hydroxylation is 1. The van der Waals surface area contributed by atoms with E-state index >= 15 is 0 Å². The van der Waals surface area contributed by atoms with Crippen LogP contribution in [0.25, 0.3) is 0 Å². The molecule has 3 N–H and O–H groups in total. The molecule has 1 aromatic carbocycles. The summed E-state index contributed by atoms with van der Waals surface area (Å²) in [5.41, 5.74) is 1.86. The number of hydrogen-bond acceptors (Lipinski definition) is 4. The van der Waals surface area contributed by atoms with Gasteiger partial charge in [0.1, 0.15) is 12.1 Å². The zero-order valence-corrected chi connectivity index (χ0v) is 13.7. The Bertz CT molecular complexity index is 628. The SMILES string of the molecule is CC(=O)N1C[C@H](O)C[C@H]1C(=O)N[C@@H](Cc1ccc(C)cc1)C(=O)O. The van der Waals surface area contributed by atoms with Gasteiger partial charge < -0.3 is 20.4 Å². The van der Waals surface area contributed by atoms with E-state index < -0.39 is 30.1 Å². The van der Waals surface area contributed by atoms with Crippen molar-refractivity contribution in [3.63, 3.8) is 0 Å². The van der Waals surface area contributed by atoms with Gasteiger partial charge in [-0.3, -0.25) is 9.59 Å². The molecule has 7 heteroatoms. The van der Waals surface area contributed by atoms with Gasteiger partial charge in [0.15, 0.2) is 0 Å². The molecule has 1 aromatic rings. The van der Waals surface area contributed by atoms with Crippen LogP contribution >= 0.6 is 0 Å². The third kappa shape index (κ3) is 4.32. The van der Waals surface area contributed by atoms with Crippen molar-refractivity contribution >= 4 is 17.8 Å². The molecule has 0 bridgehead atoms. The van der Waals surface area contributed by atoms with Crippen molar-refractivity contribution < 1.29 is 24.6 Å². The second kappa shape index (κ2) is 7.44. The molecule has 0 radical (unpaired) electrons. The summed E-state index contributed by atoms with van der Waals surface area (Å²) in [7, 11) is 0. The minimum atomic E-state index is -1.14. The number of rotatable bonds is 5. The summed E-state index contributed by atoms with van der Waals surface area (Å²) in [5.74, 6) is -2.02. The van der Waals surface area contributed by atoms with E-state index in [4.69, 9.17) is 0 Å². The van der Waals surface area contributed by atoms with Crippen LogP contribution in [0.4, 0.5) is 0 Å². The Morgan fingerprint density at radius 1 is 1.29 bits per heavy atom. The van der Waals surface area contributed by atoms with E-state index in [-0.39, 0.29) is 25.3 Å². The molecular formula is C17H22N2O5. The quantitative estimate of drug-likeness (QED) is 0.707. The van der Waals surface area contributed by atoms with Crippen LogP contribution < -0.4 is 5.32 Å². The van der Waals surface area contributed by atoms with Gasteiger partial charge in [-0.15, -0.1) is 0 Å². The van der Waals surface area contributed by atoms with Gasteiger partial charge in [-0.1, -0.05) is 29.8 Å². The fourth-order valence-electron chi connectivity index (χ4n) is 2.84. The van der Waals surface area contributed by atoms with E-state index in [1.807, 2.05) is 31.2 Å². The number of carboxylic acid groups (broad SMARTS) is 1. The van der Waals surface area contributed by atoms with Gasteiger partial charge in [0.05, 0.1) is 6.10 Å². The maximum absolute atomic E-state index is 12.4. The van der Waals surface area contributed by atoms with Crippen LogP contribution in [0.3, 0.4) is 0 Å². The highest BCUT2D eigenvalue weighted by molar-refractivity contribution is 5.90. The molecular weight excluding hydrogens is 312 g/mol. The van der Waals surface area contributed by atoms with Gasteiger partial charge >= 0.3 is 5.97 Å². The molecule has 7 nitrogen and oxygen atoms in total. The van der Waals surface area contributed by atoms with Crippen LogP contribution in [0, 0.1) is 6.92 Å². The number of carbonyl (C=O) groups is 3. The lowest BCUT2D eigenvalue weighted by atomic mass is 10.0. The normalized spacial score (nSPS) is 21.4. The molecule has 0 aromatic heterocycles. The second-order valence-electron chi connectivity index (χ2n) is 6.17. The maximum atomic E-state index is 12.4. The Balaban J connectivity index is 2.06. The smallest absolute Gasteiger partial charge is 0.326 e. The van der Waals surface area contributed by atoms with Gasteiger partial charge in [0, 0.05) is 26.3 Å². The third-order valence-corrected chi connectivity index (χ3v) is 4.16. The van der Waals surface area contributed by atoms with Gasteiger partial charge in [0.25, 0.3) is 0 Å². The van der Waals surface area contributed by atoms with Crippen LogP contribution in [0.1, 0.15) is 24.5 Å². The Labute approximate surface area is 140 Å². The molecule has 24 heavy (non-hydrogen) atoms. The number of nitrogens with one attached hydrogen (secondary N) is 1. The molecule has 1 aliphatic rings. The summed E-state index contributed by atoms with van der Waals surface area (Å²) in [4.78, 5) is 36.7. The number of hydrogen-bond donors (Lipinski definition) is 3. The Kier molecular flexibility index (Phi) is 5.56. The van der Waals surface area contributed by atoms with Crippen LogP contribution in [-0.4, -0.2) is 57.6 Å². The summed E-state index contributed by atoms with van der Waals surface area (Å²) in [6, 6.07) is 5.46. The molecule has 2 amide bonds. The first-order chi connectivity index (χ1) is 11.3. The predicted octanol–water partition coefficient (Wildman–Crippen LogP) is 0.0886. The molecule has 1 heterocycles. The number of aliphatic carboxylic acids is 1. The van der Waals surface area contributed by atoms with E-state index in [0.717, 1.165) is 11.1 Å². The van der Waals surface area contributed by atoms with Crippen molar-refractivity contribution in [1.29, 1.82) is 0 Å². The Hall–Kier alpha value is -2.41. The zero-order valence-electron chi connectivity index (χ0n) is 13.7. The highest BCUT2D eigenvalue weighted by atomic mass is 16.4. The first-order valence-corrected chi connectivity index (χ1v) is 7.82. The van der Waals surface area contributed by atoms with E-state index in [0.29, 0.717) is 0 Å². The van der Waals surface area contributed by atoms with Crippen molar-refractivity contribution in [3.05, 3.63) is 35.4 Å². The molecule has 0 aliphatic carbocycles. The van der Waals surface area contributed by atoms with E-state index in [9.17, 15) is 24.6 Å². The monoisotopic (exact) mass is 334 g/mol. The number of amides is 2. The number of nitrogens with zero attached hydrogens (tertiary/aromatic N) is 1. The number of aliphatic hydroxyl groups excluding tert-OH is 1.